The lowest BCUT2D eigenvalue weighted by atomic mass is 9.94. The van der Waals surface area contributed by atoms with Gasteiger partial charge in [-0.25, -0.2) is 0 Å². The fourth-order valence-electron chi connectivity index (χ4n) is 2.46. The molecule has 1 saturated heterocycles. The zero-order valence-electron chi connectivity index (χ0n) is 8.53. The standard InChI is InChI=1S/C12H12O3/c1-14-10-4-2-3-8(5-10)12-6-9(12)7-15-11(12)13/h2-5,9H,6-7H2,1H3/t9-,12-/m0/s1. The van der Waals surface area contributed by atoms with E-state index in [0.717, 1.165) is 17.7 Å². The maximum Gasteiger partial charge on any atom is 0.317 e. The number of carbonyl (C=O) groups excluding carboxylic acids is 1. The van der Waals surface area contributed by atoms with Crippen molar-refractivity contribution in [1.82, 2.24) is 0 Å². The molecule has 0 spiro atoms. The monoisotopic (exact) mass is 204 g/mol. The quantitative estimate of drug-likeness (QED) is 0.685. The van der Waals surface area contributed by atoms with E-state index in [-0.39, 0.29) is 11.4 Å². The van der Waals surface area contributed by atoms with Gasteiger partial charge in [0.15, 0.2) is 0 Å². The van der Waals surface area contributed by atoms with Crippen LogP contribution in [0.3, 0.4) is 0 Å². The van der Waals surface area contributed by atoms with Crippen molar-refractivity contribution in [1.29, 1.82) is 0 Å². The van der Waals surface area contributed by atoms with Gasteiger partial charge in [0.25, 0.3) is 0 Å². The number of cyclic esters (lactones) is 1. The van der Waals surface area contributed by atoms with Gasteiger partial charge in [0.1, 0.15) is 5.75 Å². The molecule has 3 heteroatoms. The van der Waals surface area contributed by atoms with Crippen LogP contribution in [0.2, 0.25) is 0 Å². The predicted molar refractivity (Wildman–Crippen MR) is 53.7 cm³/mol. The molecule has 1 aromatic carbocycles. The summed E-state index contributed by atoms with van der Waals surface area (Å²) in [6, 6.07) is 7.73. The Morgan fingerprint density at radius 2 is 2.40 bits per heavy atom. The number of rotatable bonds is 2. The van der Waals surface area contributed by atoms with Gasteiger partial charge in [-0.15, -0.1) is 0 Å². The summed E-state index contributed by atoms with van der Waals surface area (Å²) in [5, 5.41) is 0. The van der Waals surface area contributed by atoms with Crippen LogP contribution < -0.4 is 4.74 Å². The zero-order valence-corrected chi connectivity index (χ0v) is 8.53. The van der Waals surface area contributed by atoms with E-state index in [1.165, 1.54) is 0 Å². The molecule has 1 aromatic rings. The normalized spacial score (nSPS) is 32.1. The van der Waals surface area contributed by atoms with Crippen LogP contribution in [-0.2, 0) is 14.9 Å². The molecule has 15 heavy (non-hydrogen) atoms. The molecule has 0 radical (unpaired) electrons. The van der Waals surface area contributed by atoms with Gasteiger partial charge in [-0.05, 0) is 24.1 Å². The Balaban J connectivity index is 2.03. The molecule has 0 amide bonds. The van der Waals surface area contributed by atoms with Gasteiger partial charge in [0.05, 0.1) is 19.1 Å². The molecule has 1 saturated carbocycles. The molecule has 2 aliphatic rings. The first kappa shape index (κ1) is 8.77. The highest BCUT2D eigenvalue weighted by atomic mass is 16.5. The number of ether oxygens (including phenoxy) is 2. The Hall–Kier alpha value is -1.51. The number of esters is 1. The van der Waals surface area contributed by atoms with Crippen LogP contribution in [0.4, 0.5) is 0 Å². The zero-order chi connectivity index (χ0) is 10.5. The fraction of sp³-hybridized carbons (Fsp3) is 0.417. The SMILES string of the molecule is COc1cccc([C@@]23C[C@H]2COC3=O)c1. The van der Waals surface area contributed by atoms with Gasteiger partial charge in [0.2, 0.25) is 0 Å². The van der Waals surface area contributed by atoms with Gasteiger partial charge in [0, 0.05) is 5.92 Å². The van der Waals surface area contributed by atoms with Crippen LogP contribution in [0.15, 0.2) is 24.3 Å². The van der Waals surface area contributed by atoms with E-state index in [2.05, 4.69) is 0 Å². The molecule has 0 bridgehead atoms. The van der Waals surface area contributed by atoms with Crippen molar-refractivity contribution in [2.75, 3.05) is 13.7 Å². The lowest BCUT2D eigenvalue weighted by Gasteiger charge is -2.10. The number of hydrogen-bond donors (Lipinski definition) is 0. The Kier molecular flexibility index (Phi) is 1.61. The van der Waals surface area contributed by atoms with Gasteiger partial charge in [-0.2, -0.15) is 0 Å². The summed E-state index contributed by atoms with van der Waals surface area (Å²) in [6.45, 7) is 0.579. The minimum Gasteiger partial charge on any atom is -0.497 e. The summed E-state index contributed by atoms with van der Waals surface area (Å²) < 4.78 is 10.2. The summed E-state index contributed by atoms with van der Waals surface area (Å²) in [6.07, 6.45) is 0.930. The lowest BCUT2D eigenvalue weighted by Crippen LogP contribution is -2.18. The third-order valence-electron chi connectivity index (χ3n) is 3.47. The summed E-state index contributed by atoms with van der Waals surface area (Å²) in [4.78, 5) is 11.7. The second-order valence-electron chi connectivity index (χ2n) is 4.20. The van der Waals surface area contributed by atoms with E-state index >= 15 is 0 Å². The highest BCUT2D eigenvalue weighted by Crippen LogP contribution is 2.59. The molecular formula is C12H12O3. The Morgan fingerprint density at radius 1 is 1.53 bits per heavy atom. The minimum atomic E-state index is -0.339. The highest BCUT2D eigenvalue weighted by Gasteiger charge is 2.66. The molecule has 78 valence electrons. The van der Waals surface area contributed by atoms with Gasteiger partial charge in [-0.3, -0.25) is 4.79 Å². The molecule has 0 unspecified atom stereocenters. The Morgan fingerprint density at radius 3 is 3.00 bits per heavy atom. The van der Waals surface area contributed by atoms with Crippen LogP contribution >= 0.6 is 0 Å². The number of methoxy groups -OCH3 is 1. The third kappa shape index (κ3) is 1.03. The average molecular weight is 204 g/mol. The van der Waals surface area contributed by atoms with Crippen molar-refractivity contribution in [3.05, 3.63) is 29.8 Å². The van der Waals surface area contributed by atoms with Crippen molar-refractivity contribution >= 4 is 5.97 Å². The second-order valence-corrected chi connectivity index (χ2v) is 4.20. The number of carbonyl (C=O) groups is 1. The summed E-state index contributed by atoms with van der Waals surface area (Å²) in [7, 11) is 1.63. The van der Waals surface area contributed by atoms with Crippen molar-refractivity contribution < 1.29 is 14.3 Å². The smallest absolute Gasteiger partial charge is 0.317 e. The molecule has 3 rings (SSSR count). The van der Waals surface area contributed by atoms with Crippen molar-refractivity contribution in [3.8, 4) is 5.75 Å². The van der Waals surface area contributed by atoms with Crippen LogP contribution in [-0.4, -0.2) is 19.7 Å². The molecule has 1 aliphatic carbocycles. The van der Waals surface area contributed by atoms with Crippen molar-refractivity contribution in [2.24, 2.45) is 5.92 Å². The average Bonchev–Trinajstić information content (AvgIpc) is 2.94. The van der Waals surface area contributed by atoms with Gasteiger partial charge >= 0.3 is 5.97 Å². The maximum absolute atomic E-state index is 11.7. The molecule has 1 aliphatic heterocycles. The molecule has 3 nitrogen and oxygen atoms in total. The van der Waals surface area contributed by atoms with E-state index in [9.17, 15) is 4.79 Å². The maximum atomic E-state index is 11.7. The molecule has 0 N–H and O–H groups in total. The Labute approximate surface area is 88.0 Å². The van der Waals surface area contributed by atoms with Crippen LogP contribution in [0.5, 0.6) is 5.75 Å². The summed E-state index contributed by atoms with van der Waals surface area (Å²) in [5.74, 6) is 1.12. The van der Waals surface area contributed by atoms with E-state index in [4.69, 9.17) is 9.47 Å². The number of benzene rings is 1. The largest absolute Gasteiger partial charge is 0.497 e. The molecule has 2 fully saturated rings. The van der Waals surface area contributed by atoms with Crippen LogP contribution in [0, 0.1) is 5.92 Å². The van der Waals surface area contributed by atoms with Gasteiger partial charge < -0.3 is 9.47 Å². The van der Waals surface area contributed by atoms with Crippen LogP contribution in [0.25, 0.3) is 0 Å². The van der Waals surface area contributed by atoms with Crippen molar-refractivity contribution in [3.63, 3.8) is 0 Å². The highest BCUT2D eigenvalue weighted by molar-refractivity contribution is 5.90. The van der Waals surface area contributed by atoms with Gasteiger partial charge in [-0.1, -0.05) is 12.1 Å². The molecular weight excluding hydrogens is 192 g/mol. The molecule has 2 atom stereocenters. The molecule has 0 aromatic heterocycles. The number of fused-ring (bicyclic) bond motifs is 1. The predicted octanol–water partition coefficient (Wildman–Crippen LogP) is 1.51. The fourth-order valence-corrected chi connectivity index (χ4v) is 2.46. The second kappa shape index (κ2) is 2.75. The van der Waals surface area contributed by atoms with Crippen LogP contribution in [0.1, 0.15) is 12.0 Å². The van der Waals surface area contributed by atoms with Crippen molar-refractivity contribution in [2.45, 2.75) is 11.8 Å². The number of hydrogen-bond acceptors (Lipinski definition) is 3. The van der Waals surface area contributed by atoms with E-state index < -0.39 is 0 Å². The molecule has 1 heterocycles. The first-order chi connectivity index (χ1) is 7.27. The lowest BCUT2D eigenvalue weighted by molar-refractivity contribution is -0.142. The minimum absolute atomic E-state index is 0.0687. The van der Waals surface area contributed by atoms with E-state index in [0.29, 0.717) is 12.5 Å². The summed E-state index contributed by atoms with van der Waals surface area (Å²) >= 11 is 0. The first-order valence-electron chi connectivity index (χ1n) is 5.09. The first-order valence-corrected chi connectivity index (χ1v) is 5.09. The Bertz CT molecular complexity index is 427. The third-order valence-corrected chi connectivity index (χ3v) is 3.47. The van der Waals surface area contributed by atoms with E-state index in [1.54, 1.807) is 7.11 Å². The van der Waals surface area contributed by atoms with E-state index in [1.807, 2.05) is 24.3 Å². The summed E-state index contributed by atoms with van der Waals surface area (Å²) in [5.41, 5.74) is 0.698. The topological polar surface area (TPSA) is 35.5 Å².